The molecule has 0 atom stereocenters. The molecular weight excluding hydrogens is 262 g/mol. The van der Waals surface area contributed by atoms with E-state index in [0.717, 1.165) is 17.7 Å². The van der Waals surface area contributed by atoms with E-state index in [1.54, 1.807) is 24.3 Å². The topological polar surface area (TPSA) is 52.9 Å². The lowest BCUT2D eigenvalue weighted by molar-refractivity contribution is 0.102. The number of rotatable bonds is 3. The van der Waals surface area contributed by atoms with E-state index >= 15 is 0 Å². The van der Waals surface area contributed by atoms with E-state index < -0.39 is 17.5 Å². The summed E-state index contributed by atoms with van der Waals surface area (Å²) in [5.41, 5.74) is 1.38. The third kappa shape index (κ3) is 3.18. The molecule has 0 spiro atoms. The van der Waals surface area contributed by atoms with Gasteiger partial charge in [0.15, 0.2) is 11.6 Å². The molecule has 0 bridgehead atoms. The minimum Gasteiger partial charge on any atom is -0.322 e. The van der Waals surface area contributed by atoms with Crippen molar-refractivity contribution in [3.05, 3.63) is 65.2 Å². The molecule has 2 rings (SSSR count). The fourth-order valence-corrected chi connectivity index (χ4v) is 1.64. The number of anilines is 1. The second-order valence-corrected chi connectivity index (χ2v) is 4.11. The Hall–Kier alpha value is -2.74. The number of benzene rings is 2. The van der Waals surface area contributed by atoms with Gasteiger partial charge < -0.3 is 5.32 Å². The fourth-order valence-electron chi connectivity index (χ4n) is 1.64. The molecule has 0 aliphatic heterocycles. The first-order valence-corrected chi connectivity index (χ1v) is 5.82. The summed E-state index contributed by atoms with van der Waals surface area (Å²) in [6.07, 6.45) is 0.289. The van der Waals surface area contributed by atoms with Crippen molar-refractivity contribution in [2.45, 2.75) is 6.42 Å². The van der Waals surface area contributed by atoms with Crippen LogP contribution >= 0.6 is 0 Å². The first-order chi connectivity index (χ1) is 9.60. The van der Waals surface area contributed by atoms with E-state index in [1.807, 2.05) is 6.07 Å². The Morgan fingerprint density at radius 2 is 1.80 bits per heavy atom. The van der Waals surface area contributed by atoms with Crippen molar-refractivity contribution in [3.8, 4) is 6.07 Å². The van der Waals surface area contributed by atoms with Gasteiger partial charge in [0, 0.05) is 11.3 Å². The lowest BCUT2D eigenvalue weighted by atomic mass is 10.1. The van der Waals surface area contributed by atoms with Crippen LogP contribution in [0.5, 0.6) is 0 Å². The molecule has 2 aromatic rings. The molecule has 0 aromatic heterocycles. The SMILES string of the molecule is N#CCc1ccc(NC(=O)c2ccc(F)c(F)c2)cc1. The van der Waals surface area contributed by atoms with Crippen molar-refractivity contribution in [2.75, 3.05) is 5.32 Å². The average molecular weight is 272 g/mol. The molecule has 0 saturated carbocycles. The van der Waals surface area contributed by atoms with Gasteiger partial charge in [0.05, 0.1) is 12.5 Å². The van der Waals surface area contributed by atoms with Crippen LogP contribution in [0.1, 0.15) is 15.9 Å². The van der Waals surface area contributed by atoms with Crippen LogP contribution in [0.4, 0.5) is 14.5 Å². The van der Waals surface area contributed by atoms with Crippen LogP contribution in [0.3, 0.4) is 0 Å². The number of nitrogens with one attached hydrogen (secondary N) is 1. The van der Waals surface area contributed by atoms with E-state index in [-0.39, 0.29) is 12.0 Å². The van der Waals surface area contributed by atoms with E-state index in [9.17, 15) is 13.6 Å². The van der Waals surface area contributed by atoms with Crippen LogP contribution in [-0.4, -0.2) is 5.91 Å². The van der Waals surface area contributed by atoms with Gasteiger partial charge in [0.25, 0.3) is 5.91 Å². The second-order valence-electron chi connectivity index (χ2n) is 4.11. The molecule has 1 amide bonds. The standard InChI is InChI=1S/C15H10F2N2O/c16-13-6-3-11(9-14(13)17)15(20)19-12-4-1-10(2-5-12)7-8-18/h1-6,9H,7H2,(H,19,20). The number of hydrogen-bond acceptors (Lipinski definition) is 2. The van der Waals surface area contributed by atoms with Crippen LogP contribution < -0.4 is 5.32 Å². The third-order valence-electron chi connectivity index (χ3n) is 2.68. The zero-order valence-corrected chi connectivity index (χ0v) is 10.4. The Bertz CT molecular complexity index is 675. The molecule has 0 fully saturated rings. The summed E-state index contributed by atoms with van der Waals surface area (Å²) in [5, 5.41) is 11.1. The van der Waals surface area contributed by atoms with Crippen molar-refractivity contribution in [2.24, 2.45) is 0 Å². The first-order valence-electron chi connectivity index (χ1n) is 5.82. The molecule has 20 heavy (non-hydrogen) atoms. The molecular formula is C15H10F2N2O. The second kappa shape index (κ2) is 5.93. The van der Waals surface area contributed by atoms with Crippen molar-refractivity contribution in [3.63, 3.8) is 0 Å². The van der Waals surface area contributed by atoms with Crippen LogP contribution in [-0.2, 0) is 6.42 Å². The summed E-state index contributed by atoms with van der Waals surface area (Å²) in [7, 11) is 0. The smallest absolute Gasteiger partial charge is 0.255 e. The highest BCUT2D eigenvalue weighted by atomic mass is 19.2. The summed E-state index contributed by atoms with van der Waals surface area (Å²) in [5.74, 6) is -2.60. The highest BCUT2D eigenvalue weighted by molar-refractivity contribution is 6.04. The molecule has 0 aliphatic rings. The van der Waals surface area contributed by atoms with Crippen LogP contribution in [0.2, 0.25) is 0 Å². The highest BCUT2D eigenvalue weighted by Crippen LogP contribution is 2.13. The van der Waals surface area contributed by atoms with Gasteiger partial charge in [-0.2, -0.15) is 5.26 Å². The largest absolute Gasteiger partial charge is 0.322 e. The maximum absolute atomic E-state index is 13.0. The quantitative estimate of drug-likeness (QED) is 0.932. The molecule has 0 radical (unpaired) electrons. The van der Waals surface area contributed by atoms with Gasteiger partial charge in [-0.25, -0.2) is 8.78 Å². The van der Waals surface area contributed by atoms with E-state index in [4.69, 9.17) is 5.26 Å². The van der Waals surface area contributed by atoms with Crippen molar-refractivity contribution in [1.29, 1.82) is 5.26 Å². The van der Waals surface area contributed by atoms with Gasteiger partial charge in [0.1, 0.15) is 0 Å². The van der Waals surface area contributed by atoms with Crippen molar-refractivity contribution >= 4 is 11.6 Å². The third-order valence-corrected chi connectivity index (χ3v) is 2.68. The van der Waals surface area contributed by atoms with Crippen LogP contribution in [0, 0.1) is 23.0 Å². The maximum atomic E-state index is 13.0. The Kier molecular flexibility index (Phi) is 4.06. The minimum absolute atomic E-state index is 0.0324. The van der Waals surface area contributed by atoms with Gasteiger partial charge in [-0.1, -0.05) is 12.1 Å². The predicted molar refractivity (Wildman–Crippen MR) is 70.1 cm³/mol. The zero-order valence-electron chi connectivity index (χ0n) is 10.4. The average Bonchev–Trinajstić information content (AvgIpc) is 2.44. The number of nitriles is 1. The molecule has 100 valence electrons. The van der Waals surface area contributed by atoms with Crippen molar-refractivity contribution in [1.82, 2.24) is 0 Å². The van der Waals surface area contributed by atoms with E-state index in [0.29, 0.717) is 5.69 Å². The fraction of sp³-hybridized carbons (Fsp3) is 0.0667. The highest BCUT2D eigenvalue weighted by Gasteiger charge is 2.09. The van der Waals surface area contributed by atoms with Gasteiger partial charge in [-0.15, -0.1) is 0 Å². The lowest BCUT2D eigenvalue weighted by Gasteiger charge is -2.06. The molecule has 0 aliphatic carbocycles. The lowest BCUT2D eigenvalue weighted by Crippen LogP contribution is -2.12. The Morgan fingerprint density at radius 1 is 1.10 bits per heavy atom. The van der Waals surface area contributed by atoms with E-state index in [2.05, 4.69) is 5.32 Å². The predicted octanol–water partition coefficient (Wildman–Crippen LogP) is 3.28. The molecule has 0 unspecified atom stereocenters. The van der Waals surface area contributed by atoms with Crippen molar-refractivity contribution < 1.29 is 13.6 Å². The van der Waals surface area contributed by atoms with Gasteiger partial charge in [-0.3, -0.25) is 4.79 Å². The number of carbonyl (C=O) groups is 1. The van der Waals surface area contributed by atoms with Crippen LogP contribution in [0.15, 0.2) is 42.5 Å². The monoisotopic (exact) mass is 272 g/mol. The minimum atomic E-state index is -1.07. The number of halogens is 2. The van der Waals surface area contributed by atoms with Crippen LogP contribution in [0.25, 0.3) is 0 Å². The normalized spacial score (nSPS) is 9.85. The zero-order chi connectivity index (χ0) is 14.5. The van der Waals surface area contributed by atoms with Gasteiger partial charge in [0.2, 0.25) is 0 Å². The summed E-state index contributed by atoms with van der Waals surface area (Å²) in [4.78, 5) is 11.8. The Morgan fingerprint density at radius 3 is 2.40 bits per heavy atom. The van der Waals surface area contributed by atoms with Gasteiger partial charge >= 0.3 is 0 Å². The Balaban J connectivity index is 2.11. The van der Waals surface area contributed by atoms with Gasteiger partial charge in [-0.05, 0) is 35.9 Å². The molecule has 1 N–H and O–H groups in total. The maximum Gasteiger partial charge on any atom is 0.255 e. The summed E-state index contributed by atoms with van der Waals surface area (Å²) in [6.45, 7) is 0. The molecule has 3 nitrogen and oxygen atoms in total. The summed E-state index contributed by atoms with van der Waals surface area (Å²) >= 11 is 0. The molecule has 0 heterocycles. The first kappa shape index (κ1) is 13.7. The summed E-state index contributed by atoms with van der Waals surface area (Å²) < 4.78 is 25.8. The van der Waals surface area contributed by atoms with E-state index in [1.165, 1.54) is 6.07 Å². The molecule has 0 saturated heterocycles. The summed E-state index contributed by atoms with van der Waals surface area (Å²) in [6, 6.07) is 11.7. The molecule has 2 aromatic carbocycles. The number of amides is 1. The Labute approximate surface area is 114 Å². The number of carbonyl (C=O) groups excluding carboxylic acids is 1. The number of hydrogen-bond donors (Lipinski definition) is 1. The number of nitrogens with zero attached hydrogens (tertiary/aromatic N) is 1. The molecule has 5 heteroatoms.